The number of anilines is 1. The molecule has 0 aromatic carbocycles. The number of nitrogens with one attached hydrogen (secondary N) is 1. The van der Waals surface area contributed by atoms with Gasteiger partial charge in [0.25, 0.3) is 0 Å². The Balaban J connectivity index is 2.23. The number of carbonyl (C=O) groups is 2. The quantitative estimate of drug-likeness (QED) is 0.811. The third kappa shape index (κ3) is 3.07. The van der Waals surface area contributed by atoms with Gasteiger partial charge in [0.2, 0.25) is 0 Å². The van der Waals surface area contributed by atoms with Crippen LogP contribution in [-0.2, 0) is 22.4 Å². The van der Waals surface area contributed by atoms with E-state index in [1.54, 1.807) is 11.3 Å². The van der Waals surface area contributed by atoms with Gasteiger partial charge in [-0.15, -0.1) is 11.3 Å². The highest BCUT2D eigenvalue weighted by molar-refractivity contribution is 7.16. The van der Waals surface area contributed by atoms with Gasteiger partial charge in [-0.2, -0.15) is 0 Å². The van der Waals surface area contributed by atoms with E-state index in [0.717, 1.165) is 36.2 Å². The van der Waals surface area contributed by atoms with Crippen LogP contribution in [0.15, 0.2) is 0 Å². The zero-order valence-electron chi connectivity index (χ0n) is 10.8. The average molecular weight is 283 g/mol. The molecule has 0 saturated heterocycles. The Hall–Kier alpha value is -1.56. The summed E-state index contributed by atoms with van der Waals surface area (Å²) in [4.78, 5) is 23.6. The lowest BCUT2D eigenvalue weighted by molar-refractivity contribution is -0.136. The SMILES string of the molecule is COC(=O)c1c(NCCC(=O)O)sc2c1CCCC2. The largest absolute Gasteiger partial charge is 0.481 e. The maximum absolute atomic E-state index is 11.9. The molecule has 0 fully saturated rings. The fourth-order valence-corrected chi connectivity index (χ4v) is 3.59. The Bertz CT molecular complexity index is 495. The Morgan fingerprint density at radius 2 is 2.11 bits per heavy atom. The van der Waals surface area contributed by atoms with Crippen LogP contribution in [0.2, 0.25) is 0 Å². The average Bonchev–Trinajstić information content (AvgIpc) is 2.75. The molecule has 19 heavy (non-hydrogen) atoms. The number of carboxylic acid groups (broad SMARTS) is 1. The van der Waals surface area contributed by atoms with E-state index < -0.39 is 5.97 Å². The minimum absolute atomic E-state index is 0.0309. The maximum Gasteiger partial charge on any atom is 0.341 e. The van der Waals surface area contributed by atoms with Gasteiger partial charge in [0, 0.05) is 11.4 Å². The van der Waals surface area contributed by atoms with Gasteiger partial charge in [0.05, 0.1) is 19.1 Å². The second kappa shape index (κ2) is 6.06. The van der Waals surface area contributed by atoms with E-state index in [1.165, 1.54) is 12.0 Å². The number of carbonyl (C=O) groups excluding carboxylic acids is 1. The fraction of sp³-hybridized carbons (Fsp3) is 0.538. The summed E-state index contributed by atoms with van der Waals surface area (Å²) in [6, 6.07) is 0. The normalized spacial score (nSPS) is 13.7. The topological polar surface area (TPSA) is 75.6 Å². The van der Waals surface area contributed by atoms with E-state index in [-0.39, 0.29) is 12.4 Å². The highest BCUT2D eigenvalue weighted by Gasteiger charge is 2.25. The third-order valence-corrected chi connectivity index (χ3v) is 4.43. The van der Waals surface area contributed by atoms with Crippen molar-refractivity contribution in [2.75, 3.05) is 19.0 Å². The zero-order valence-corrected chi connectivity index (χ0v) is 11.6. The van der Waals surface area contributed by atoms with Gasteiger partial charge in [-0.1, -0.05) is 0 Å². The van der Waals surface area contributed by atoms with Crippen LogP contribution in [0.1, 0.15) is 40.1 Å². The van der Waals surface area contributed by atoms with E-state index in [4.69, 9.17) is 9.84 Å². The van der Waals surface area contributed by atoms with Gasteiger partial charge in [-0.25, -0.2) is 4.79 Å². The lowest BCUT2D eigenvalue weighted by atomic mass is 9.95. The number of methoxy groups -OCH3 is 1. The van der Waals surface area contributed by atoms with E-state index in [2.05, 4.69) is 5.32 Å². The van der Waals surface area contributed by atoms with E-state index in [1.807, 2.05) is 0 Å². The molecule has 0 amide bonds. The highest BCUT2D eigenvalue weighted by Crippen LogP contribution is 2.38. The summed E-state index contributed by atoms with van der Waals surface area (Å²) in [5, 5.41) is 12.5. The molecule has 1 aliphatic carbocycles. The second-order valence-corrected chi connectivity index (χ2v) is 5.58. The molecule has 0 bridgehead atoms. The van der Waals surface area contributed by atoms with Crippen LogP contribution in [0.5, 0.6) is 0 Å². The first-order valence-electron chi connectivity index (χ1n) is 6.32. The summed E-state index contributed by atoms with van der Waals surface area (Å²) < 4.78 is 4.84. The Labute approximate surface area is 115 Å². The molecule has 0 unspecified atom stereocenters. The standard InChI is InChI=1S/C13H17NO4S/c1-18-13(17)11-8-4-2-3-5-9(8)19-12(11)14-7-6-10(15)16/h14H,2-7H2,1H3,(H,15,16). The summed E-state index contributed by atoms with van der Waals surface area (Å²) in [7, 11) is 1.37. The molecule has 5 nitrogen and oxygen atoms in total. The van der Waals surface area contributed by atoms with Gasteiger partial charge < -0.3 is 15.2 Å². The second-order valence-electron chi connectivity index (χ2n) is 4.48. The molecule has 104 valence electrons. The van der Waals surface area contributed by atoms with Crippen LogP contribution in [-0.4, -0.2) is 30.7 Å². The van der Waals surface area contributed by atoms with Gasteiger partial charge in [0.15, 0.2) is 0 Å². The molecule has 1 aromatic rings. The first-order valence-corrected chi connectivity index (χ1v) is 7.13. The van der Waals surface area contributed by atoms with Crippen LogP contribution in [0.3, 0.4) is 0 Å². The van der Waals surface area contributed by atoms with E-state index in [0.29, 0.717) is 12.1 Å². The van der Waals surface area contributed by atoms with Gasteiger partial charge in [-0.3, -0.25) is 4.79 Å². The van der Waals surface area contributed by atoms with Crippen molar-refractivity contribution in [1.82, 2.24) is 0 Å². The van der Waals surface area contributed by atoms with Crippen molar-refractivity contribution < 1.29 is 19.4 Å². The van der Waals surface area contributed by atoms with Crippen molar-refractivity contribution in [2.24, 2.45) is 0 Å². The van der Waals surface area contributed by atoms with Crippen molar-refractivity contribution in [3.8, 4) is 0 Å². The summed E-state index contributed by atoms with van der Waals surface area (Å²) in [5.74, 6) is -1.19. The Morgan fingerprint density at radius 1 is 1.37 bits per heavy atom. The molecule has 0 aliphatic heterocycles. The molecule has 1 aliphatic rings. The molecular formula is C13H17NO4S. The Morgan fingerprint density at radius 3 is 2.79 bits per heavy atom. The first-order chi connectivity index (χ1) is 9.13. The van der Waals surface area contributed by atoms with Crippen molar-refractivity contribution >= 4 is 28.3 Å². The van der Waals surface area contributed by atoms with Crippen molar-refractivity contribution in [2.45, 2.75) is 32.1 Å². The van der Waals surface area contributed by atoms with Crippen LogP contribution in [0.25, 0.3) is 0 Å². The number of hydrogen-bond acceptors (Lipinski definition) is 5. The lowest BCUT2D eigenvalue weighted by Gasteiger charge is -2.11. The molecular weight excluding hydrogens is 266 g/mol. The Kier molecular flexibility index (Phi) is 4.42. The molecule has 0 spiro atoms. The van der Waals surface area contributed by atoms with Crippen LogP contribution in [0.4, 0.5) is 5.00 Å². The number of ether oxygens (including phenoxy) is 1. The number of aryl methyl sites for hydroxylation is 1. The molecule has 0 radical (unpaired) electrons. The van der Waals surface area contributed by atoms with E-state index >= 15 is 0 Å². The summed E-state index contributed by atoms with van der Waals surface area (Å²) in [5.41, 5.74) is 1.69. The number of carboxylic acids is 1. The van der Waals surface area contributed by atoms with E-state index in [9.17, 15) is 9.59 Å². The molecule has 2 rings (SSSR count). The summed E-state index contributed by atoms with van der Waals surface area (Å²) >= 11 is 1.55. The minimum atomic E-state index is -0.853. The first kappa shape index (κ1) is 13.9. The molecule has 0 atom stereocenters. The molecule has 1 aromatic heterocycles. The van der Waals surface area contributed by atoms with Gasteiger partial charge in [-0.05, 0) is 31.2 Å². The number of rotatable bonds is 5. The van der Waals surface area contributed by atoms with Crippen molar-refractivity contribution in [3.63, 3.8) is 0 Å². The van der Waals surface area contributed by atoms with Crippen LogP contribution >= 0.6 is 11.3 Å². The van der Waals surface area contributed by atoms with Gasteiger partial charge >= 0.3 is 11.9 Å². The minimum Gasteiger partial charge on any atom is -0.481 e. The van der Waals surface area contributed by atoms with Gasteiger partial charge in [0.1, 0.15) is 5.00 Å². The number of fused-ring (bicyclic) bond motifs is 1. The smallest absolute Gasteiger partial charge is 0.341 e. The molecule has 0 saturated carbocycles. The highest BCUT2D eigenvalue weighted by atomic mass is 32.1. The summed E-state index contributed by atoms with van der Waals surface area (Å²) in [6.07, 6.45) is 4.15. The zero-order chi connectivity index (χ0) is 13.8. The number of thiophene rings is 1. The molecule has 6 heteroatoms. The number of esters is 1. The van der Waals surface area contributed by atoms with Crippen molar-refractivity contribution in [3.05, 3.63) is 16.0 Å². The van der Waals surface area contributed by atoms with Crippen LogP contribution in [0, 0.1) is 0 Å². The molecule has 2 N–H and O–H groups in total. The predicted octanol–water partition coefficient (Wildman–Crippen LogP) is 2.30. The number of aliphatic carboxylic acids is 1. The number of hydrogen-bond donors (Lipinski definition) is 2. The lowest BCUT2D eigenvalue weighted by Crippen LogP contribution is -2.12. The monoisotopic (exact) mass is 283 g/mol. The fourth-order valence-electron chi connectivity index (χ4n) is 2.29. The summed E-state index contributed by atoms with van der Waals surface area (Å²) in [6.45, 7) is 0.318. The third-order valence-electron chi connectivity index (χ3n) is 3.19. The predicted molar refractivity (Wildman–Crippen MR) is 73.0 cm³/mol. The van der Waals surface area contributed by atoms with Crippen molar-refractivity contribution in [1.29, 1.82) is 0 Å². The maximum atomic E-state index is 11.9. The van der Waals surface area contributed by atoms with Crippen LogP contribution < -0.4 is 5.32 Å². The molecule has 1 heterocycles.